The van der Waals surface area contributed by atoms with Gasteiger partial charge in [0.1, 0.15) is 0 Å². The number of hydrogen-bond acceptors (Lipinski definition) is 3. The smallest absolute Gasteiger partial charge is 0.0314 e. The van der Waals surface area contributed by atoms with E-state index in [9.17, 15) is 0 Å². The predicted molar refractivity (Wildman–Crippen MR) is 86.9 cm³/mol. The van der Waals surface area contributed by atoms with Gasteiger partial charge >= 0.3 is 0 Å². The summed E-state index contributed by atoms with van der Waals surface area (Å²) in [5, 5.41) is 0. The fourth-order valence-electron chi connectivity index (χ4n) is 3.21. The lowest BCUT2D eigenvalue weighted by Gasteiger charge is -2.27. The number of nitrogens with zero attached hydrogens (tertiary/aromatic N) is 2. The average Bonchev–Trinajstić information content (AvgIpc) is 2.88. The molecule has 2 N–H and O–H groups in total. The zero-order valence-electron chi connectivity index (χ0n) is 13.0. The van der Waals surface area contributed by atoms with Gasteiger partial charge in [0.15, 0.2) is 0 Å². The second-order valence-corrected chi connectivity index (χ2v) is 6.03. The van der Waals surface area contributed by atoms with Gasteiger partial charge in [-0.05, 0) is 70.1 Å². The molecule has 3 nitrogen and oxygen atoms in total. The summed E-state index contributed by atoms with van der Waals surface area (Å²) >= 11 is 0. The van der Waals surface area contributed by atoms with E-state index in [4.69, 9.17) is 5.73 Å². The summed E-state index contributed by atoms with van der Waals surface area (Å²) < 4.78 is 0. The highest BCUT2D eigenvalue weighted by Crippen LogP contribution is 2.17. The fourth-order valence-corrected chi connectivity index (χ4v) is 3.21. The van der Waals surface area contributed by atoms with Crippen molar-refractivity contribution in [2.24, 2.45) is 0 Å². The van der Waals surface area contributed by atoms with Crippen LogP contribution in [0.15, 0.2) is 24.3 Å². The first kappa shape index (κ1) is 15.3. The summed E-state index contributed by atoms with van der Waals surface area (Å²) in [5.41, 5.74) is 7.95. The van der Waals surface area contributed by atoms with Gasteiger partial charge in [-0.2, -0.15) is 0 Å². The van der Waals surface area contributed by atoms with Crippen molar-refractivity contribution in [2.75, 3.05) is 39.0 Å². The molecule has 1 saturated heterocycles. The number of nitrogen functional groups attached to an aromatic ring is 1. The molecule has 20 heavy (non-hydrogen) atoms. The third-order valence-corrected chi connectivity index (χ3v) is 4.41. The Morgan fingerprint density at radius 1 is 1.30 bits per heavy atom. The van der Waals surface area contributed by atoms with E-state index in [1.54, 1.807) is 0 Å². The Bertz CT molecular complexity index is 388. The first-order valence-electron chi connectivity index (χ1n) is 7.96. The highest BCUT2D eigenvalue weighted by Gasteiger charge is 2.23. The molecule has 0 saturated carbocycles. The lowest BCUT2D eigenvalue weighted by Crippen LogP contribution is -2.39. The zero-order valence-corrected chi connectivity index (χ0v) is 13.0. The van der Waals surface area contributed by atoms with Gasteiger partial charge in [-0.3, -0.25) is 4.90 Å². The van der Waals surface area contributed by atoms with Crippen LogP contribution in [0.5, 0.6) is 0 Å². The molecule has 1 aromatic rings. The van der Waals surface area contributed by atoms with Crippen LogP contribution < -0.4 is 5.73 Å². The second kappa shape index (κ2) is 7.65. The summed E-state index contributed by atoms with van der Waals surface area (Å²) in [6.45, 7) is 7.16. The van der Waals surface area contributed by atoms with Gasteiger partial charge in [0, 0.05) is 18.3 Å². The molecular weight excluding hydrogens is 246 g/mol. The topological polar surface area (TPSA) is 32.5 Å². The Labute approximate surface area is 123 Å². The highest BCUT2D eigenvalue weighted by molar-refractivity contribution is 5.39. The van der Waals surface area contributed by atoms with Gasteiger partial charge in [-0.1, -0.05) is 19.1 Å². The highest BCUT2D eigenvalue weighted by atomic mass is 15.2. The van der Waals surface area contributed by atoms with Crippen molar-refractivity contribution in [1.82, 2.24) is 9.80 Å². The number of nitrogens with two attached hydrogens (primary N) is 1. The second-order valence-electron chi connectivity index (χ2n) is 6.03. The van der Waals surface area contributed by atoms with E-state index in [0.29, 0.717) is 0 Å². The quantitative estimate of drug-likeness (QED) is 0.776. The molecule has 0 spiro atoms. The maximum absolute atomic E-state index is 5.71. The molecule has 1 unspecified atom stereocenters. The van der Waals surface area contributed by atoms with E-state index in [2.05, 4.69) is 35.9 Å². The molecule has 0 aliphatic carbocycles. The van der Waals surface area contributed by atoms with Crippen LogP contribution in [0.2, 0.25) is 0 Å². The van der Waals surface area contributed by atoms with E-state index in [-0.39, 0.29) is 0 Å². The van der Waals surface area contributed by atoms with Gasteiger partial charge in [-0.15, -0.1) is 0 Å². The maximum Gasteiger partial charge on any atom is 0.0314 e. The van der Waals surface area contributed by atoms with Gasteiger partial charge in [0.05, 0.1) is 0 Å². The van der Waals surface area contributed by atoms with Crippen molar-refractivity contribution in [3.8, 4) is 0 Å². The third-order valence-electron chi connectivity index (χ3n) is 4.41. The van der Waals surface area contributed by atoms with Crippen molar-refractivity contribution in [1.29, 1.82) is 0 Å². The maximum atomic E-state index is 5.71. The Morgan fingerprint density at radius 3 is 2.75 bits per heavy atom. The van der Waals surface area contributed by atoms with E-state index < -0.39 is 0 Å². The average molecular weight is 275 g/mol. The Balaban J connectivity index is 1.67. The van der Waals surface area contributed by atoms with Crippen LogP contribution in [0.4, 0.5) is 5.69 Å². The predicted octanol–water partition coefficient (Wildman–Crippen LogP) is 2.62. The van der Waals surface area contributed by atoms with Crippen molar-refractivity contribution in [2.45, 2.75) is 38.6 Å². The van der Waals surface area contributed by atoms with Gasteiger partial charge in [0.25, 0.3) is 0 Å². The van der Waals surface area contributed by atoms with Crippen LogP contribution >= 0.6 is 0 Å². The van der Waals surface area contributed by atoms with Crippen LogP contribution in [0.25, 0.3) is 0 Å². The molecule has 1 atom stereocenters. The molecule has 1 aromatic carbocycles. The number of hydrogen-bond donors (Lipinski definition) is 1. The van der Waals surface area contributed by atoms with Crippen molar-refractivity contribution in [3.05, 3.63) is 29.8 Å². The minimum absolute atomic E-state index is 0.779. The van der Waals surface area contributed by atoms with Crippen molar-refractivity contribution < 1.29 is 0 Å². The number of aryl methyl sites for hydroxylation is 1. The van der Waals surface area contributed by atoms with E-state index in [1.807, 2.05) is 12.1 Å². The van der Waals surface area contributed by atoms with Crippen LogP contribution in [0.3, 0.4) is 0 Å². The summed E-state index contributed by atoms with van der Waals surface area (Å²) in [4.78, 5) is 5.12. The van der Waals surface area contributed by atoms with Crippen LogP contribution in [-0.2, 0) is 6.42 Å². The number of likely N-dealkylation sites (tertiary alicyclic amines) is 1. The number of likely N-dealkylation sites (N-methyl/N-ethyl adjacent to an activating group) is 2. The summed E-state index contributed by atoms with van der Waals surface area (Å²) in [7, 11) is 2.26. The van der Waals surface area contributed by atoms with Crippen LogP contribution in [-0.4, -0.2) is 49.1 Å². The fraction of sp³-hybridized carbons (Fsp3) is 0.647. The largest absolute Gasteiger partial charge is 0.399 e. The third kappa shape index (κ3) is 4.50. The minimum atomic E-state index is 0.779. The Morgan fingerprint density at radius 2 is 2.05 bits per heavy atom. The van der Waals surface area contributed by atoms with Crippen molar-refractivity contribution >= 4 is 5.69 Å². The molecule has 112 valence electrons. The summed E-state index contributed by atoms with van der Waals surface area (Å²) in [6, 6.07) is 9.06. The lowest BCUT2D eigenvalue weighted by molar-refractivity contribution is 0.198. The van der Waals surface area contributed by atoms with Crippen LogP contribution in [0, 0.1) is 0 Å². The first-order chi connectivity index (χ1) is 9.69. The molecule has 1 heterocycles. The summed E-state index contributed by atoms with van der Waals surface area (Å²) in [6.07, 6.45) is 5.11. The monoisotopic (exact) mass is 275 g/mol. The number of anilines is 1. The molecule has 2 rings (SSSR count). The van der Waals surface area contributed by atoms with E-state index >= 15 is 0 Å². The molecule has 0 amide bonds. The number of benzene rings is 1. The normalized spacial score (nSPS) is 19.9. The molecule has 0 aromatic heterocycles. The molecular formula is C17H29N3. The SMILES string of the molecule is CCN1CCCC1CN(C)CCCc1ccc(N)cc1. The lowest BCUT2D eigenvalue weighted by atomic mass is 10.1. The number of rotatable bonds is 7. The van der Waals surface area contributed by atoms with E-state index in [1.165, 1.54) is 51.0 Å². The standard InChI is InChI=1S/C17H29N3/c1-3-20-13-5-7-17(20)14-19(2)12-4-6-15-8-10-16(18)11-9-15/h8-11,17H,3-7,12-14,18H2,1-2H3. The molecule has 0 radical (unpaired) electrons. The van der Waals surface area contributed by atoms with Crippen molar-refractivity contribution in [3.63, 3.8) is 0 Å². The Kier molecular flexibility index (Phi) is 5.86. The van der Waals surface area contributed by atoms with Crippen LogP contribution in [0.1, 0.15) is 31.7 Å². The minimum Gasteiger partial charge on any atom is -0.399 e. The molecule has 1 fully saturated rings. The molecule has 0 bridgehead atoms. The Hall–Kier alpha value is -1.06. The zero-order chi connectivity index (χ0) is 14.4. The van der Waals surface area contributed by atoms with Gasteiger partial charge in [0.2, 0.25) is 0 Å². The van der Waals surface area contributed by atoms with Gasteiger partial charge < -0.3 is 10.6 Å². The first-order valence-corrected chi connectivity index (χ1v) is 7.96. The molecule has 3 heteroatoms. The van der Waals surface area contributed by atoms with E-state index in [0.717, 1.165) is 18.2 Å². The molecule has 1 aliphatic heterocycles. The molecule has 1 aliphatic rings. The van der Waals surface area contributed by atoms with Gasteiger partial charge in [-0.25, -0.2) is 0 Å². The summed E-state index contributed by atoms with van der Waals surface area (Å²) in [5.74, 6) is 0.